The van der Waals surface area contributed by atoms with Crippen LogP contribution in [0.2, 0.25) is 0 Å². The van der Waals surface area contributed by atoms with Crippen LogP contribution in [0.5, 0.6) is 11.5 Å². The fraction of sp³-hybridized carbons (Fsp3) is 0.417. The lowest BCUT2D eigenvalue weighted by Crippen LogP contribution is -2.09. The fourth-order valence-corrected chi connectivity index (χ4v) is 1.69. The zero-order valence-corrected chi connectivity index (χ0v) is 9.93. The summed E-state index contributed by atoms with van der Waals surface area (Å²) in [6.07, 6.45) is -0.750. The lowest BCUT2D eigenvalue weighted by Gasteiger charge is -2.08. The first-order valence-corrected chi connectivity index (χ1v) is 5.16. The highest BCUT2D eigenvalue weighted by Gasteiger charge is 2.47. The van der Waals surface area contributed by atoms with Crippen LogP contribution in [0.4, 0.5) is 0 Å². The van der Waals surface area contributed by atoms with Gasteiger partial charge in [-0.1, -0.05) is 6.07 Å². The summed E-state index contributed by atoms with van der Waals surface area (Å²) >= 11 is 0. The van der Waals surface area contributed by atoms with Crippen molar-refractivity contribution < 1.29 is 23.7 Å². The predicted octanol–water partition coefficient (Wildman–Crippen LogP) is 1.32. The minimum absolute atomic E-state index is 0.248. The number of hydrogen-bond acceptors (Lipinski definition) is 5. The Hall–Kier alpha value is -1.75. The summed E-state index contributed by atoms with van der Waals surface area (Å²) in [4.78, 5) is 11.2. The number of hydrogen-bond donors (Lipinski definition) is 0. The van der Waals surface area contributed by atoms with Crippen molar-refractivity contribution in [1.29, 1.82) is 0 Å². The lowest BCUT2D eigenvalue weighted by molar-refractivity contribution is -0.142. The molecule has 1 aliphatic heterocycles. The largest absolute Gasteiger partial charge is 0.493 e. The van der Waals surface area contributed by atoms with Crippen molar-refractivity contribution in [1.82, 2.24) is 0 Å². The van der Waals surface area contributed by atoms with Gasteiger partial charge in [0.15, 0.2) is 17.6 Å². The molecule has 1 heterocycles. The van der Waals surface area contributed by atoms with E-state index in [0.717, 1.165) is 5.56 Å². The van der Waals surface area contributed by atoms with E-state index in [4.69, 9.17) is 14.2 Å². The number of carbonyl (C=O) groups excluding carboxylic acids is 1. The minimum atomic E-state index is -0.502. The van der Waals surface area contributed by atoms with Crippen LogP contribution >= 0.6 is 0 Å². The highest BCUT2D eigenvalue weighted by Crippen LogP contribution is 2.42. The topological polar surface area (TPSA) is 57.3 Å². The molecular formula is C12H14O5. The summed E-state index contributed by atoms with van der Waals surface area (Å²) in [5, 5.41) is 0. The lowest BCUT2D eigenvalue weighted by atomic mass is 10.1. The van der Waals surface area contributed by atoms with E-state index in [-0.39, 0.29) is 12.1 Å². The maximum atomic E-state index is 11.2. The molecule has 0 aliphatic carbocycles. The van der Waals surface area contributed by atoms with Crippen molar-refractivity contribution >= 4 is 5.97 Å². The molecule has 0 N–H and O–H groups in total. The van der Waals surface area contributed by atoms with E-state index in [9.17, 15) is 4.79 Å². The van der Waals surface area contributed by atoms with Crippen molar-refractivity contribution in [3.8, 4) is 11.5 Å². The van der Waals surface area contributed by atoms with E-state index in [1.807, 2.05) is 6.07 Å². The van der Waals surface area contributed by atoms with Gasteiger partial charge in [-0.2, -0.15) is 0 Å². The Kier molecular flexibility index (Phi) is 3.19. The molecule has 0 spiro atoms. The van der Waals surface area contributed by atoms with Crippen molar-refractivity contribution in [2.24, 2.45) is 0 Å². The van der Waals surface area contributed by atoms with Crippen molar-refractivity contribution in [2.45, 2.75) is 12.2 Å². The van der Waals surface area contributed by atoms with E-state index >= 15 is 0 Å². The van der Waals surface area contributed by atoms with Crippen LogP contribution in [0.1, 0.15) is 11.7 Å². The number of ether oxygens (including phenoxy) is 4. The molecule has 1 fully saturated rings. The van der Waals surface area contributed by atoms with Crippen LogP contribution in [-0.4, -0.2) is 33.4 Å². The van der Waals surface area contributed by atoms with Crippen molar-refractivity contribution in [3.05, 3.63) is 23.8 Å². The van der Waals surface area contributed by atoms with Gasteiger partial charge in [0, 0.05) is 0 Å². The molecule has 17 heavy (non-hydrogen) atoms. The second-order valence-corrected chi connectivity index (χ2v) is 3.61. The summed E-state index contributed by atoms with van der Waals surface area (Å²) in [6.45, 7) is 0. The summed E-state index contributed by atoms with van der Waals surface area (Å²) in [7, 11) is 4.48. The average Bonchev–Trinajstić information content (AvgIpc) is 3.17. The Balaban J connectivity index is 2.16. The molecule has 5 nitrogen and oxygen atoms in total. The van der Waals surface area contributed by atoms with Crippen molar-refractivity contribution in [2.75, 3.05) is 21.3 Å². The molecular weight excluding hydrogens is 224 g/mol. The minimum Gasteiger partial charge on any atom is -0.493 e. The fourth-order valence-electron chi connectivity index (χ4n) is 1.69. The van der Waals surface area contributed by atoms with E-state index in [0.29, 0.717) is 11.5 Å². The molecule has 2 atom stereocenters. The van der Waals surface area contributed by atoms with E-state index in [1.54, 1.807) is 26.4 Å². The van der Waals surface area contributed by atoms with Gasteiger partial charge in [-0.15, -0.1) is 0 Å². The molecule has 1 aliphatic rings. The highest BCUT2D eigenvalue weighted by atomic mass is 16.6. The Labute approximate surface area is 99.2 Å². The summed E-state index contributed by atoms with van der Waals surface area (Å²) in [5.41, 5.74) is 0.873. The average molecular weight is 238 g/mol. The third-order valence-electron chi connectivity index (χ3n) is 2.66. The van der Waals surface area contributed by atoms with Crippen LogP contribution < -0.4 is 9.47 Å². The number of benzene rings is 1. The van der Waals surface area contributed by atoms with Gasteiger partial charge in [-0.05, 0) is 17.7 Å². The zero-order valence-electron chi connectivity index (χ0n) is 9.93. The Morgan fingerprint density at radius 1 is 1.18 bits per heavy atom. The summed E-state index contributed by atoms with van der Waals surface area (Å²) in [5.74, 6) is 0.903. The molecule has 2 rings (SSSR count). The van der Waals surface area contributed by atoms with Gasteiger partial charge in [-0.3, -0.25) is 0 Å². The first kappa shape index (κ1) is 11.7. The third-order valence-corrected chi connectivity index (χ3v) is 2.66. The van der Waals surface area contributed by atoms with Gasteiger partial charge in [0.2, 0.25) is 0 Å². The second-order valence-electron chi connectivity index (χ2n) is 3.61. The Morgan fingerprint density at radius 3 is 2.47 bits per heavy atom. The second kappa shape index (κ2) is 4.63. The van der Waals surface area contributed by atoms with Gasteiger partial charge in [0.1, 0.15) is 6.10 Å². The molecule has 0 radical (unpaired) electrons. The zero-order chi connectivity index (χ0) is 12.4. The summed E-state index contributed by atoms with van der Waals surface area (Å²) < 4.78 is 20.2. The normalized spacial score (nSPS) is 21.8. The van der Waals surface area contributed by atoms with Crippen molar-refractivity contribution in [3.63, 3.8) is 0 Å². The Morgan fingerprint density at radius 2 is 1.88 bits per heavy atom. The number of esters is 1. The van der Waals surface area contributed by atoms with E-state index < -0.39 is 6.10 Å². The first-order chi connectivity index (χ1) is 8.21. The van der Waals surface area contributed by atoms with Gasteiger partial charge in [-0.25, -0.2) is 4.79 Å². The Bertz CT molecular complexity index is 429. The molecule has 0 amide bonds. The monoisotopic (exact) mass is 238 g/mol. The molecule has 0 saturated carbocycles. The smallest absolute Gasteiger partial charge is 0.338 e. The standard InChI is InChI=1S/C12H14O5/c1-14-8-5-4-7(6-9(8)15-2)10-11(17-10)12(13)16-3/h4-6,10-11H,1-3H3/t10-,11+/m1/s1. The molecule has 1 aromatic carbocycles. The third kappa shape index (κ3) is 2.19. The number of rotatable bonds is 4. The molecule has 0 bridgehead atoms. The molecule has 5 heteroatoms. The quantitative estimate of drug-likeness (QED) is 0.585. The maximum absolute atomic E-state index is 11.2. The van der Waals surface area contributed by atoms with Gasteiger partial charge >= 0.3 is 5.97 Å². The van der Waals surface area contributed by atoms with Crippen LogP contribution in [0.25, 0.3) is 0 Å². The maximum Gasteiger partial charge on any atom is 0.338 e. The van der Waals surface area contributed by atoms with E-state index in [1.165, 1.54) is 7.11 Å². The molecule has 1 aromatic rings. The molecule has 0 unspecified atom stereocenters. The first-order valence-electron chi connectivity index (χ1n) is 5.16. The SMILES string of the molecule is COC(=O)[C@H]1O[C@@H]1c1ccc(OC)c(OC)c1. The van der Waals surface area contributed by atoms with Crippen LogP contribution in [-0.2, 0) is 14.3 Å². The number of methoxy groups -OCH3 is 3. The van der Waals surface area contributed by atoms with Crippen LogP contribution in [0.3, 0.4) is 0 Å². The highest BCUT2D eigenvalue weighted by molar-refractivity contribution is 5.78. The van der Waals surface area contributed by atoms with E-state index in [2.05, 4.69) is 4.74 Å². The van der Waals surface area contributed by atoms with Crippen LogP contribution in [0.15, 0.2) is 18.2 Å². The van der Waals surface area contributed by atoms with Gasteiger partial charge in [0.25, 0.3) is 0 Å². The number of epoxide rings is 1. The molecule has 92 valence electrons. The summed E-state index contributed by atoms with van der Waals surface area (Å²) in [6, 6.07) is 5.42. The molecule has 1 saturated heterocycles. The molecule has 0 aromatic heterocycles. The predicted molar refractivity (Wildman–Crippen MR) is 59.2 cm³/mol. The number of carbonyl (C=O) groups is 1. The van der Waals surface area contributed by atoms with Gasteiger partial charge in [0.05, 0.1) is 21.3 Å². The van der Waals surface area contributed by atoms with Crippen LogP contribution in [0, 0.1) is 0 Å². The van der Waals surface area contributed by atoms with Gasteiger partial charge < -0.3 is 18.9 Å².